The quantitative estimate of drug-likeness (QED) is 0.613. The standard InChI is InChI=1S/C16H15N7O/c1-3-21-13-12(8-18-21)14-20-22(16(24)23(14)15(17)19-13)9-11-6-4-5-10(2)7-11/h3-8H,1,9H2,2H3,(H2,17,19). The maximum atomic E-state index is 12.7. The molecular weight excluding hydrogens is 306 g/mol. The summed E-state index contributed by atoms with van der Waals surface area (Å²) >= 11 is 0. The Hall–Kier alpha value is -3.42. The van der Waals surface area contributed by atoms with Gasteiger partial charge in [0.1, 0.15) is 0 Å². The van der Waals surface area contributed by atoms with Crippen molar-refractivity contribution in [3.05, 3.63) is 58.7 Å². The Balaban J connectivity index is 1.95. The van der Waals surface area contributed by atoms with Gasteiger partial charge in [0, 0.05) is 6.20 Å². The van der Waals surface area contributed by atoms with Gasteiger partial charge in [-0.15, -0.1) is 5.10 Å². The SMILES string of the molecule is C=Cn1ncc2c1nc(N)n1c(=O)n(Cc3cccc(C)c3)nc21. The Labute approximate surface area is 136 Å². The highest BCUT2D eigenvalue weighted by Gasteiger charge is 2.17. The second kappa shape index (κ2) is 5.05. The van der Waals surface area contributed by atoms with Crippen LogP contribution in [-0.2, 0) is 6.54 Å². The summed E-state index contributed by atoms with van der Waals surface area (Å²) in [4.78, 5) is 16.9. The lowest BCUT2D eigenvalue weighted by atomic mass is 10.1. The van der Waals surface area contributed by atoms with Crippen LogP contribution in [0.15, 0.2) is 41.8 Å². The van der Waals surface area contributed by atoms with E-state index in [1.54, 1.807) is 6.20 Å². The van der Waals surface area contributed by atoms with Crippen molar-refractivity contribution in [3.8, 4) is 0 Å². The molecule has 0 saturated heterocycles. The van der Waals surface area contributed by atoms with Crippen LogP contribution in [0.5, 0.6) is 0 Å². The van der Waals surface area contributed by atoms with Crippen molar-refractivity contribution < 1.29 is 0 Å². The molecule has 3 heterocycles. The van der Waals surface area contributed by atoms with E-state index in [9.17, 15) is 4.79 Å². The van der Waals surface area contributed by atoms with Crippen LogP contribution in [0.2, 0.25) is 0 Å². The molecule has 0 radical (unpaired) electrons. The second-order valence-corrected chi connectivity index (χ2v) is 5.57. The highest BCUT2D eigenvalue weighted by Crippen LogP contribution is 2.18. The zero-order valence-electron chi connectivity index (χ0n) is 13.0. The highest BCUT2D eigenvalue weighted by atomic mass is 16.2. The molecule has 120 valence electrons. The molecule has 0 bridgehead atoms. The Bertz CT molecular complexity index is 1150. The molecule has 4 rings (SSSR count). The molecule has 0 amide bonds. The van der Waals surface area contributed by atoms with Crippen molar-refractivity contribution >= 4 is 28.8 Å². The average Bonchev–Trinajstić information content (AvgIpc) is 3.09. The van der Waals surface area contributed by atoms with Gasteiger partial charge in [0.05, 0.1) is 18.1 Å². The number of hydrogen-bond acceptors (Lipinski definition) is 5. The lowest BCUT2D eigenvalue weighted by Gasteiger charge is -2.01. The monoisotopic (exact) mass is 321 g/mol. The van der Waals surface area contributed by atoms with Crippen LogP contribution in [0, 0.1) is 6.92 Å². The number of anilines is 1. The molecule has 0 aliphatic carbocycles. The molecule has 3 aromatic heterocycles. The first-order chi connectivity index (χ1) is 11.6. The number of benzene rings is 1. The molecule has 0 atom stereocenters. The summed E-state index contributed by atoms with van der Waals surface area (Å²) < 4.78 is 4.18. The Morgan fingerprint density at radius 2 is 2.17 bits per heavy atom. The summed E-state index contributed by atoms with van der Waals surface area (Å²) in [5.41, 5.74) is 8.70. The molecule has 1 aromatic carbocycles. The van der Waals surface area contributed by atoms with Gasteiger partial charge in [0.2, 0.25) is 5.95 Å². The number of nitrogen functional groups attached to an aromatic ring is 1. The fourth-order valence-electron chi connectivity index (χ4n) is 2.79. The third kappa shape index (κ3) is 2.00. The maximum absolute atomic E-state index is 12.7. The molecule has 24 heavy (non-hydrogen) atoms. The smallest absolute Gasteiger partial charge is 0.353 e. The summed E-state index contributed by atoms with van der Waals surface area (Å²) in [5, 5.41) is 9.23. The minimum atomic E-state index is -0.329. The minimum Gasteiger partial charge on any atom is -0.369 e. The molecule has 0 saturated carbocycles. The van der Waals surface area contributed by atoms with E-state index in [1.165, 1.54) is 20.0 Å². The van der Waals surface area contributed by atoms with E-state index in [-0.39, 0.29) is 11.6 Å². The van der Waals surface area contributed by atoms with Crippen molar-refractivity contribution in [1.82, 2.24) is 28.9 Å². The van der Waals surface area contributed by atoms with Crippen LogP contribution in [0.25, 0.3) is 22.9 Å². The van der Waals surface area contributed by atoms with Crippen molar-refractivity contribution in [1.29, 1.82) is 0 Å². The van der Waals surface area contributed by atoms with Gasteiger partial charge in [0.25, 0.3) is 0 Å². The predicted octanol–water partition coefficient (Wildman–Crippen LogP) is 1.28. The fourth-order valence-corrected chi connectivity index (χ4v) is 2.79. The van der Waals surface area contributed by atoms with E-state index < -0.39 is 0 Å². The molecule has 4 aromatic rings. The number of nitrogens with zero attached hydrogens (tertiary/aromatic N) is 6. The van der Waals surface area contributed by atoms with Crippen molar-refractivity contribution in [3.63, 3.8) is 0 Å². The van der Waals surface area contributed by atoms with Crippen LogP contribution in [0.4, 0.5) is 5.95 Å². The van der Waals surface area contributed by atoms with Crippen molar-refractivity contribution in [2.75, 3.05) is 5.73 Å². The summed E-state index contributed by atoms with van der Waals surface area (Å²) in [7, 11) is 0. The van der Waals surface area contributed by atoms with Crippen LogP contribution in [0.3, 0.4) is 0 Å². The maximum Gasteiger partial charge on any atom is 0.353 e. The molecule has 0 fully saturated rings. The van der Waals surface area contributed by atoms with Crippen LogP contribution in [0.1, 0.15) is 11.1 Å². The Morgan fingerprint density at radius 1 is 1.33 bits per heavy atom. The van der Waals surface area contributed by atoms with Gasteiger partial charge in [-0.3, -0.25) is 0 Å². The van der Waals surface area contributed by atoms with Crippen LogP contribution < -0.4 is 11.4 Å². The van der Waals surface area contributed by atoms with Crippen molar-refractivity contribution in [2.24, 2.45) is 0 Å². The molecule has 8 heteroatoms. The van der Waals surface area contributed by atoms with Gasteiger partial charge in [-0.2, -0.15) is 10.1 Å². The molecule has 0 aliphatic heterocycles. The Morgan fingerprint density at radius 3 is 2.92 bits per heavy atom. The molecule has 0 aliphatic rings. The van der Waals surface area contributed by atoms with E-state index >= 15 is 0 Å². The highest BCUT2D eigenvalue weighted by molar-refractivity contribution is 5.90. The zero-order chi connectivity index (χ0) is 16.8. The third-order valence-corrected chi connectivity index (χ3v) is 3.89. The lowest BCUT2D eigenvalue weighted by molar-refractivity contribution is 0.658. The van der Waals surface area contributed by atoms with E-state index in [0.717, 1.165) is 11.1 Å². The summed E-state index contributed by atoms with van der Waals surface area (Å²) in [6.45, 7) is 6.04. The largest absolute Gasteiger partial charge is 0.369 e. The Kier molecular flexibility index (Phi) is 2.99. The van der Waals surface area contributed by atoms with E-state index in [2.05, 4.69) is 21.8 Å². The van der Waals surface area contributed by atoms with Gasteiger partial charge in [-0.05, 0) is 12.5 Å². The van der Waals surface area contributed by atoms with Gasteiger partial charge in [-0.1, -0.05) is 36.4 Å². The number of fused-ring (bicyclic) bond motifs is 3. The first-order valence-corrected chi connectivity index (χ1v) is 7.39. The molecule has 8 nitrogen and oxygen atoms in total. The van der Waals surface area contributed by atoms with Crippen LogP contribution in [-0.4, -0.2) is 28.9 Å². The van der Waals surface area contributed by atoms with Gasteiger partial charge < -0.3 is 5.73 Å². The number of hydrogen-bond donors (Lipinski definition) is 1. The molecule has 2 N–H and O–H groups in total. The molecular formula is C16H15N7O. The first kappa shape index (κ1) is 14.2. The first-order valence-electron chi connectivity index (χ1n) is 7.39. The zero-order valence-corrected chi connectivity index (χ0v) is 13.0. The molecule has 0 spiro atoms. The topological polar surface area (TPSA) is 96.0 Å². The normalized spacial score (nSPS) is 11.4. The van der Waals surface area contributed by atoms with E-state index in [1.807, 2.05) is 31.2 Å². The molecule has 0 unspecified atom stereocenters. The lowest BCUT2D eigenvalue weighted by Crippen LogP contribution is -2.23. The predicted molar refractivity (Wildman–Crippen MR) is 91.6 cm³/mol. The summed E-state index contributed by atoms with van der Waals surface area (Å²) in [6.07, 6.45) is 3.12. The van der Waals surface area contributed by atoms with Gasteiger partial charge >= 0.3 is 5.69 Å². The second-order valence-electron chi connectivity index (χ2n) is 5.57. The van der Waals surface area contributed by atoms with E-state index in [4.69, 9.17) is 5.73 Å². The summed E-state index contributed by atoms with van der Waals surface area (Å²) in [6, 6.07) is 7.93. The number of aryl methyl sites for hydroxylation is 1. The average molecular weight is 321 g/mol. The number of rotatable bonds is 3. The van der Waals surface area contributed by atoms with Crippen molar-refractivity contribution in [2.45, 2.75) is 13.5 Å². The minimum absolute atomic E-state index is 0.0709. The van der Waals surface area contributed by atoms with Gasteiger partial charge in [0.15, 0.2) is 11.3 Å². The van der Waals surface area contributed by atoms with Gasteiger partial charge in [-0.25, -0.2) is 18.6 Å². The fraction of sp³-hybridized carbons (Fsp3) is 0.125. The number of nitrogens with two attached hydrogens (primary N) is 1. The summed E-state index contributed by atoms with van der Waals surface area (Å²) in [5.74, 6) is 0.0709. The number of aromatic nitrogens is 6. The van der Waals surface area contributed by atoms with Crippen LogP contribution >= 0.6 is 0 Å². The third-order valence-electron chi connectivity index (χ3n) is 3.89. The van der Waals surface area contributed by atoms with E-state index in [0.29, 0.717) is 23.2 Å².